The van der Waals surface area contributed by atoms with Crippen LogP contribution in [0.4, 0.5) is 33.2 Å². The van der Waals surface area contributed by atoms with Crippen molar-refractivity contribution in [2.75, 3.05) is 16.6 Å². The molecule has 0 saturated heterocycles. The van der Waals surface area contributed by atoms with Gasteiger partial charge in [0.15, 0.2) is 10.9 Å². The van der Waals surface area contributed by atoms with Gasteiger partial charge in [0.05, 0.1) is 21.8 Å². The number of aromatic nitrogens is 2. The maximum Gasteiger partial charge on any atom is 0.321 e. The number of urea groups is 1. The van der Waals surface area contributed by atoms with E-state index in [9.17, 15) is 22.0 Å². The van der Waals surface area contributed by atoms with E-state index >= 15 is 8.78 Å². The number of carbonyl (C=O) groups is 1. The van der Waals surface area contributed by atoms with Crippen molar-refractivity contribution in [3.8, 4) is 21.7 Å². The predicted molar refractivity (Wildman–Crippen MR) is 131 cm³/mol. The van der Waals surface area contributed by atoms with Gasteiger partial charge in [-0.2, -0.15) is 0 Å². The minimum atomic E-state index is -4.80. The van der Waals surface area contributed by atoms with Crippen LogP contribution >= 0.6 is 11.3 Å². The van der Waals surface area contributed by atoms with Gasteiger partial charge in [0.2, 0.25) is 0 Å². The first-order valence-electron chi connectivity index (χ1n) is 10.5. The van der Waals surface area contributed by atoms with E-state index < -0.39 is 55.5 Å². The van der Waals surface area contributed by atoms with Crippen LogP contribution in [-0.4, -0.2) is 31.0 Å². The Labute approximate surface area is 212 Å². The summed E-state index contributed by atoms with van der Waals surface area (Å²) in [5, 5.41) is 5.00. The van der Waals surface area contributed by atoms with Gasteiger partial charge < -0.3 is 5.32 Å². The van der Waals surface area contributed by atoms with Crippen LogP contribution in [0, 0.1) is 23.3 Å². The normalized spacial score (nSPS) is 11.3. The van der Waals surface area contributed by atoms with Gasteiger partial charge in [-0.3, -0.25) is 15.0 Å². The zero-order chi connectivity index (χ0) is 26.7. The Balaban J connectivity index is 1.83. The average Bonchev–Trinajstić information content (AvgIpc) is 3.26. The molecular weight excluding hydrogens is 534 g/mol. The number of benzene rings is 2. The molecule has 2 aromatic carbocycles. The maximum atomic E-state index is 15.7. The summed E-state index contributed by atoms with van der Waals surface area (Å²) in [4.78, 5) is 19.3. The van der Waals surface area contributed by atoms with E-state index in [-0.39, 0.29) is 15.7 Å². The van der Waals surface area contributed by atoms with Gasteiger partial charge in [-0.05, 0) is 55.0 Å². The molecule has 0 aliphatic rings. The van der Waals surface area contributed by atoms with Crippen LogP contribution in [0.1, 0.15) is 6.92 Å². The standard InChI is InChI=1S/C23H17F4N5O3S2/c1-2-29-22(33)31-23-30-20(21(36-23)12-7-9-28-10-8-12)18-15(26)5-6-16(19(18)27)32-37(34,35)17-11-13(24)3-4-14(17)25/h3-11,32H,2H2,1H3,(H2,29,30,31,33). The Morgan fingerprint density at radius 3 is 2.41 bits per heavy atom. The lowest BCUT2D eigenvalue weighted by atomic mass is 10.1. The molecule has 37 heavy (non-hydrogen) atoms. The first-order valence-corrected chi connectivity index (χ1v) is 12.8. The topological polar surface area (TPSA) is 113 Å². The number of carbonyl (C=O) groups excluding carboxylic acids is 1. The average molecular weight is 552 g/mol. The maximum absolute atomic E-state index is 15.7. The van der Waals surface area contributed by atoms with Crippen LogP contribution < -0.4 is 15.4 Å². The quantitative estimate of drug-likeness (QED) is 0.267. The fourth-order valence-electron chi connectivity index (χ4n) is 3.28. The van der Waals surface area contributed by atoms with Crippen molar-refractivity contribution in [2.24, 2.45) is 0 Å². The molecule has 0 spiro atoms. The number of hydrogen-bond donors (Lipinski definition) is 3. The number of halogens is 4. The lowest BCUT2D eigenvalue weighted by molar-refractivity contribution is 0.252. The molecule has 4 rings (SSSR count). The van der Waals surface area contributed by atoms with Crippen molar-refractivity contribution in [1.82, 2.24) is 15.3 Å². The van der Waals surface area contributed by atoms with Gasteiger partial charge in [0.1, 0.15) is 22.3 Å². The van der Waals surface area contributed by atoms with Gasteiger partial charge in [-0.15, -0.1) is 0 Å². The largest absolute Gasteiger partial charge is 0.338 e. The van der Waals surface area contributed by atoms with Crippen molar-refractivity contribution < 1.29 is 30.8 Å². The minimum absolute atomic E-state index is 0.0133. The van der Waals surface area contributed by atoms with Crippen molar-refractivity contribution in [3.63, 3.8) is 0 Å². The van der Waals surface area contributed by atoms with Gasteiger partial charge >= 0.3 is 6.03 Å². The Kier molecular flexibility index (Phi) is 7.40. The number of nitrogens with zero attached hydrogens (tertiary/aromatic N) is 2. The highest BCUT2D eigenvalue weighted by atomic mass is 32.2. The zero-order valence-corrected chi connectivity index (χ0v) is 20.5. The number of sulfonamides is 1. The second kappa shape index (κ2) is 10.5. The zero-order valence-electron chi connectivity index (χ0n) is 18.9. The Morgan fingerprint density at radius 1 is 1.00 bits per heavy atom. The minimum Gasteiger partial charge on any atom is -0.338 e. The van der Waals surface area contributed by atoms with Gasteiger partial charge in [0.25, 0.3) is 10.0 Å². The molecule has 14 heteroatoms. The molecular formula is C23H17F4N5O3S2. The third-order valence-corrected chi connectivity index (χ3v) is 7.28. The summed E-state index contributed by atoms with van der Waals surface area (Å²) in [5.41, 5.74) is -1.19. The van der Waals surface area contributed by atoms with Crippen molar-refractivity contribution in [2.45, 2.75) is 11.8 Å². The fraction of sp³-hybridized carbons (Fsp3) is 0.0870. The number of thiazole rings is 1. The summed E-state index contributed by atoms with van der Waals surface area (Å²) in [5.74, 6) is -4.73. The number of nitrogens with one attached hydrogen (secondary N) is 3. The van der Waals surface area contributed by atoms with Crippen LogP contribution in [-0.2, 0) is 10.0 Å². The molecule has 8 nitrogen and oxygen atoms in total. The molecule has 0 bridgehead atoms. The van der Waals surface area contributed by atoms with E-state index in [1.807, 2.05) is 4.72 Å². The van der Waals surface area contributed by atoms with E-state index in [2.05, 4.69) is 20.6 Å². The summed E-state index contributed by atoms with van der Waals surface area (Å²) in [6.45, 7) is 2.01. The summed E-state index contributed by atoms with van der Waals surface area (Å²) in [7, 11) is -4.80. The summed E-state index contributed by atoms with van der Waals surface area (Å²) < 4.78 is 85.5. The summed E-state index contributed by atoms with van der Waals surface area (Å²) in [6.07, 6.45) is 2.89. The SMILES string of the molecule is CCNC(=O)Nc1nc(-c2c(F)ccc(NS(=O)(=O)c3cc(F)ccc3F)c2F)c(-c2ccncc2)s1. The molecule has 0 radical (unpaired) electrons. The molecule has 0 fully saturated rings. The monoisotopic (exact) mass is 551 g/mol. The second-order valence-electron chi connectivity index (χ2n) is 7.38. The Morgan fingerprint density at radius 2 is 1.70 bits per heavy atom. The van der Waals surface area contributed by atoms with Crippen molar-refractivity contribution in [3.05, 3.63) is 78.1 Å². The number of rotatable bonds is 7. The van der Waals surface area contributed by atoms with E-state index in [0.717, 1.165) is 29.5 Å². The second-order valence-corrected chi connectivity index (χ2v) is 10.0. The van der Waals surface area contributed by atoms with Gasteiger partial charge in [0, 0.05) is 18.9 Å². The first-order chi connectivity index (χ1) is 17.6. The summed E-state index contributed by atoms with van der Waals surface area (Å²) in [6, 6.07) is 5.88. The molecule has 0 saturated carbocycles. The number of amides is 2. The number of hydrogen-bond acceptors (Lipinski definition) is 6. The fourth-order valence-corrected chi connectivity index (χ4v) is 5.40. The molecule has 0 aliphatic heterocycles. The highest BCUT2D eigenvalue weighted by molar-refractivity contribution is 7.92. The van der Waals surface area contributed by atoms with Gasteiger partial charge in [-0.25, -0.2) is 35.8 Å². The molecule has 2 heterocycles. The van der Waals surface area contributed by atoms with E-state index in [4.69, 9.17) is 0 Å². The predicted octanol–water partition coefficient (Wildman–Crippen LogP) is 5.37. The highest BCUT2D eigenvalue weighted by Crippen LogP contribution is 2.42. The van der Waals surface area contributed by atoms with E-state index in [0.29, 0.717) is 24.2 Å². The van der Waals surface area contributed by atoms with Crippen LogP contribution in [0.25, 0.3) is 21.7 Å². The number of pyridine rings is 1. The molecule has 2 amide bonds. The lowest BCUT2D eigenvalue weighted by Gasteiger charge is -2.13. The third kappa shape index (κ3) is 5.54. The molecule has 3 N–H and O–H groups in total. The lowest BCUT2D eigenvalue weighted by Crippen LogP contribution is -2.28. The third-order valence-electron chi connectivity index (χ3n) is 4.88. The van der Waals surface area contributed by atoms with Crippen molar-refractivity contribution in [1.29, 1.82) is 0 Å². The van der Waals surface area contributed by atoms with Gasteiger partial charge in [-0.1, -0.05) is 11.3 Å². The van der Waals surface area contributed by atoms with Crippen molar-refractivity contribution >= 4 is 38.2 Å². The molecule has 0 atom stereocenters. The highest BCUT2D eigenvalue weighted by Gasteiger charge is 2.27. The molecule has 0 aliphatic carbocycles. The molecule has 4 aromatic rings. The smallest absolute Gasteiger partial charge is 0.321 e. The van der Waals surface area contributed by atoms with Crippen LogP contribution in [0.2, 0.25) is 0 Å². The molecule has 2 aromatic heterocycles. The number of anilines is 2. The van der Waals surface area contributed by atoms with E-state index in [1.165, 1.54) is 12.4 Å². The Bertz CT molecular complexity index is 1580. The molecule has 0 unspecified atom stereocenters. The summed E-state index contributed by atoms with van der Waals surface area (Å²) >= 11 is 0.924. The van der Waals surface area contributed by atoms with Crippen LogP contribution in [0.5, 0.6) is 0 Å². The van der Waals surface area contributed by atoms with Crippen LogP contribution in [0.15, 0.2) is 59.8 Å². The van der Waals surface area contributed by atoms with Crippen LogP contribution in [0.3, 0.4) is 0 Å². The molecule has 192 valence electrons. The first kappa shape index (κ1) is 26.0. The Hall–Kier alpha value is -4.04. The van der Waals surface area contributed by atoms with E-state index in [1.54, 1.807) is 19.1 Å².